The molecule has 2 aliphatic rings. The molecule has 3 rings (SSSR count). The van der Waals surface area contributed by atoms with Gasteiger partial charge in [-0.3, -0.25) is 14.5 Å². The summed E-state index contributed by atoms with van der Waals surface area (Å²) in [7, 11) is 0. The Morgan fingerprint density at radius 1 is 1.08 bits per heavy atom. The number of hydrogen-bond donors (Lipinski definition) is 0. The molecule has 5 nitrogen and oxygen atoms in total. The third-order valence-electron chi connectivity index (χ3n) is 4.94. The second kappa shape index (κ2) is 7.79. The molecule has 1 amide bonds. The number of piperazine rings is 1. The van der Waals surface area contributed by atoms with Crippen LogP contribution in [0.3, 0.4) is 0 Å². The highest BCUT2D eigenvalue weighted by molar-refractivity contribution is 5.82. The van der Waals surface area contributed by atoms with E-state index < -0.39 is 0 Å². The minimum atomic E-state index is -0.277. The second-order valence-electron chi connectivity index (χ2n) is 6.67. The Kier molecular flexibility index (Phi) is 5.51. The molecule has 2 fully saturated rings. The van der Waals surface area contributed by atoms with Crippen molar-refractivity contribution in [2.24, 2.45) is 0 Å². The predicted molar refractivity (Wildman–Crippen MR) is 91.2 cm³/mol. The molecule has 0 aromatic heterocycles. The average molecular weight is 330 g/mol. The summed E-state index contributed by atoms with van der Waals surface area (Å²) in [6.07, 6.45) is 2.60. The summed E-state index contributed by atoms with van der Waals surface area (Å²) in [5, 5.41) is 0. The van der Waals surface area contributed by atoms with Crippen LogP contribution in [0.15, 0.2) is 30.3 Å². The van der Waals surface area contributed by atoms with Crippen molar-refractivity contribution in [3.05, 3.63) is 35.9 Å². The van der Waals surface area contributed by atoms with Crippen LogP contribution in [0.4, 0.5) is 0 Å². The minimum Gasteiger partial charge on any atom is -0.466 e. The summed E-state index contributed by atoms with van der Waals surface area (Å²) in [6, 6.07) is 11.1. The quantitative estimate of drug-likeness (QED) is 0.751. The van der Waals surface area contributed by atoms with Gasteiger partial charge in [0.15, 0.2) is 0 Å². The van der Waals surface area contributed by atoms with Crippen LogP contribution in [0.5, 0.6) is 0 Å². The van der Waals surface area contributed by atoms with Crippen LogP contribution in [0, 0.1) is 0 Å². The van der Waals surface area contributed by atoms with Gasteiger partial charge in [-0.15, -0.1) is 0 Å². The SMILES string of the molecule is CCOC(=O)CCC(=O)N1C2CCC1CN(Cc1ccccc1)C2. The molecule has 2 atom stereocenters. The number of ether oxygens (including phenoxy) is 1. The number of likely N-dealkylation sites (tertiary alicyclic amines) is 1. The summed E-state index contributed by atoms with van der Waals surface area (Å²) in [5.74, 6) is -0.171. The Morgan fingerprint density at radius 3 is 2.38 bits per heavy atom. The maximum absolute atomic E-state index is 12.5. The monoisotopic (exact) mass is 330 g/mol. The summed E-state index contributed by atoms with van der Waals surface area (Å²) < 4.78 is 4.91. The maximum Gasteiger partial charge on any atom is 0.306 e. The van der Waals surface area contributed by atoms with Crippen LogP contribution in [-0.4, -0.2) is 53.5 Å². The Hall–Kier alpha value is -1.88. The van der Waals surface area contributed by atoms with Gasteiger partial charge in [0.25, 0.3) is 0 Å². The lowest BCUT2D eigenvalue weighted by Crippen LogP contribution is -2.55. The molecule has 0 radical (unpaired) electrons. The molecule has 0 N–H and O–H groups in total. The van der Waals surface area contributed by atoms with Gasteiger partial charge in [-0.05, 0) is 25.3 Å². The molecular weight excluding hydrogens is 304 g/mol. The van der Waals surface area contributed by atoms with Crippen LogP contribution >= 0.6 is 0 Å². The van der Waals surface area contributed by atoms with Gasteiger partial charge in [0.2, 0.25) is 5.91 Å². The zero-order valence-electron chi connectivity index (χ0n) is 14.3. The number of nitrogens with zero attached hydrogens (tertiary/aromatic N) is 2. The topological polar surface area (TPSA) is 49.9 Å². The molecule has 0 saturated carbocycles. The lowest BCUT2D eigenvalue weighted by Gasteiger charge is -2.41. The van der Waals surface area contributed by atoms with E-state index in [4.69, 9.17) is 4.74 Å². The molecular formula is C19H26N2O3. The highest BCUT2D eigenvalue weighted by Gasteiger charge is 2.42. The van der Waals surface area contributed by atoms with Crippen LogP contribution < -0.4 is 0 Å². The van der Waals surface area contributed by atoms with E-state index in [9.17, 15) is 9.59 Å². The van der Waals surface area contributed by atoms with Gasteiger partial charge in [0.1, 0.15) is 0 Å². The van der Waals surface area contributed by atoms with E-state index in [1.165, 1.54) is 5.56 Å². The zero-order valence-corrected chi connectivity index (χ0v) is 14.3. The van der Waals surface area contributed by atoms with E-state index in [1.807, 2.05) is 11.0 Å². The lowest BCUT2D eigenvalue weighted by molar-refractivity contribution is -0.147. The lowest BCUT2D eigenvalue weighted by atomic mass is 10.1. The molecule has 2 saturated heterocycles. The smallest absolute Gasteiger partial charge is 0.306 e. The van der Waals surface area contributed by atoms with E-state index in [-0.39, 0.29) is 24.7 Å². The Balaban J connectivity index is 1.53. The molecule has 2 heterocycles. The van der Waals surface area contributed by atoms with Crippen molar-refractivity contribution in [1.82, 2.24) is 9.80 Å². The molecule has 130 valence electrons. The number of carbonyl (C=O) groups is 2. The van der Waals surface area contributed by atoms with Gasteiger partial charge in [-0.2, -0.15) is 0 Å². The van der Waals surface area contributed by atoms with Gasteiger partial charge in [0.05, 0.1) is 13.0 Å². The number of amides is 1. The van der Waals surface area contributed by atoms with Gasteiger partial charge in [-0.1, -0.05) is 30.3 Å². The molecule has 2 aliphatic heterocycles. The van der Waals surface area contributed by atoms with Crippen molar-refractivity contribution in [1.29, 1.82) is 0 Å². The molecule has 1 aromatic carbocycles. The molecule has 2 bridgehead atoms. The summed E-state index contributed by atoms with van der Waals surface area (Å²) >= 11 is 0. The van der Waals surface area contributed by atoms with Gasteiger partial charge in [-0.25, -0.2) is 0 Å². The maximum atomic E-state index is 12.5. The van der Waals surface area contributed by atoms with Gasteiger partial charge in [0, 0.05) is 38.1 Å². The molecule has 1 aromatic rings. The summed E-state index contributed by atoms with van der Waals surface area (Å²) in [6.45, 7) is 4.95. The fraction of sp³-hybridized carbons (Fsp3) is 0.579. The van der Waals surface area contributed by atoms with Crippen molar-refractivity contribution < 1.29 is 14.3 Å². The predicted octanol–water partition coefficient (Wildman–Crippen LogP) is 2.21. The fourth-order valence-electron chi connectivity index (χ4n) is 3.94. The first-order chi connectivity index (χ1) is 11.7. The molecule has 2 unspecified atom stereocenters. The van der Waals surface area contributed by atoms with Crippen LogP contribution in [-0.2, 0) is 20.9 Å². The van der Waals surface area contributed by atoms with Gasteiger partial charge < -0.3 is 9.64 Å². The van der Waals surface area contributed by atoms with Crippen LogP contribution in [0.2, 0.25) is 0 Å². The highest BCUT2D eigenvalue weighted by atomic mass is 16.5. The number of benzene rings is 1. The second-order valence-corrected chi connectivity index (χ2v) is 6.67. The highest BCUT2D eigenvalue weighted by Crippen LogP contribution is 2.31. The Morgan fingerprint density at radius 2 is 1.75 bits per heavy atom. The van der Waals surface area contributed by atoms with E-state index in [1.54, 1.807) is 6.92 Å². The normalized spacial score (nSPS) is 23.3. The molecule has 5 heteroatoms. The third-order valence-corrected chi connectivity index (χ3v) is 4.94. The third kappa shape index (κ3) is 3.96. The average Bonchev–Trinajstić information content (AvgIpc) is 2.85. The van der Waals surface area contributed by atoms with Crippen molar-refractivity contribution >= 4 is 11.9 Å². The first kappa shape index (κ1) is 17.0. The largest absolute Gasteiger partial charge is 0.466 e. The Labute approximate surface area is 143 Å². The molecule has 0 spiro atoms. The zero-order chi connectivity index (χ0) is 16.9. The summed E-state index contributed by atoms with van der Waals surface area (Å²) in [5.41, 5.74) is 1.32. The summed E-state index contributed by atoms with van der Waals surface area (Å²) in [4.78, 5) is 28.5. The van der Waals surface area contributed by atoms with Crippen molar-refractivity contribution in [2.75, 3.05) is 19.7 Å². The van der Waals surface area contributed by atoms with Crippen LogP contribution in [0.25, 0.3) is 0 Å². The van der Waals surface area contributed by atoms with E-state index >= 15 is 0 Å². The first-order valence-corrected chi connectivity index (χ1v) is 8.90. The number of carbonyl (C=O) groups excluding carboxylic acids is 2. The van der Waals surface area contributed by atoms with E-state index in [0.29, 0.717) is 18.7 Å². The van der Waals surface area contributed by atoms with Crippen molar-refractivity contribution in [3.8, 4) is 0 Å². The van der Waals surface area contributed by atoms with Crippen molar-refractivity contribution in [2.45, 2.75) is 51.2 Å². The van der Waals surface area contributed by atoms with E-state index in [2.05, 4.69) is 29.2 Å². The minimum absolute atomic E-state index is 0.106. The first-order valence-electron chi connectivity index (χ1n) is 8.90. The van der Waals surface area contributed by atoms with Crippen LogP contribution in [0.1, 0.15) is 38.2 Å². The number of rotatable bonds is 6. The molecule has 24 heavy (non-hydrogen) atoms. The molecule has 0 aliphatic carbocycles. The Bertz CT molecular complexity index is 561. The van der Waals surface area contributed by atoms with E-state index in [0.717, 1.165) is 32.5 Å². The van der Waals surface area contributed by atoms with Gasteiger partial charge >= 0.3 is 5.97 Å². The standard InChI is InChI=1S/C19H26N2O3/c1-2-24-19(23)11-10-18(22)21-16-8-9-17(21)14-20(13-16)12-15-6-4-3-5-7-15/h3-7,16-17H,2,8-14H2,1H3. The number of fused-ring (bicyclic) bond motifs is 2. The number of hydrogen-bond acceptors (Lipinski definition) is 4. The van der Waals surface area contributed by atoms with Crippen molar-refractivity contribution in [3.63, 3.8) is 0 Å². The fourth-order valence-corrected chi connectivity index (χ4v) is 3.94. The number of esters is 1.